The van der Waals surface area contributed by atoms with Crippen LogP contribution in [0.1, 0.15) is 6.92 Å². The molecule has 0 unspecified atom stereocenters. The molecule has 3 aromatic rings. The minimum Gasteiger partial charge on any atom is -0.472 e. The summed E-state index contributed by atoms with van der Waals surface area (Å²) in [5.41, 5.74) is 2.49. The Kier molecular flexibility index (Phi) is 3.09. The van der Waals surface area contributed by atoms with Crippen LogP contribution in [0.3, 0.4) is 0 Å². The topological polar surface area (TPSA) is 60.1 Å². The molecule has 100 valence electrons. The van der Waals surface area contributed by atoms with E-state index in [1.54, 1.807) is 17.2 Å². The van der Waals surface area contributed by atoms with Gasteiger partial charge in [-0.25, -0.2) is 4.68 Å². The van der Waals surface area contributed by atoms with Crippen molar-refractivity contribution in [2.45, 2.75) is 6.92 Å². The van der Waals surface area contributed by atoms with E-state index in [9.17, 15) is 4.79 Å². The van der Waals surface area contributed by atoms with E-state index >= 15 is 0 Å². The second-order valence-corrected chi connectivity index (χ2v) is 4.36. The van der Waals surface area contributed by atoms with E-state index < -0.39 is 0 Å². The van der Waals surface area contributed by atoms with Crippen molar-refractivity contribution >= 4 is 11.7 Å². The Morgan fingerprint density at radius 1 is 1.25 bits per heavy atom. The number of benzene rings is 1. The molecule has 0 atom stereocenters. The first kappa shape index (κ1) is 12.2. The molecule has 0 bridgehead atoms. The fourth-order valence-corrected chi connectivity index (χ4v) is 1.97. The third kappa shape index (κ3) is 2.33. The lowest BCUT2D eigenvalue weighted by atomic mass is 10.2. The molecular formula is C15H13N3O2. The van der Waals surface area contributed by atoms with Gasteiger partial charge in [0.2, 0.25) is 5.91 Å². The largest absolute Gasteiger partial charge is 0.472 e. The van der Waals surface area contributed by atoms with Crippen molar-refractivity contribution in [2.75, 3.05) is 5.32 Å². The summed E-state index contributed by atoms with van der Waals surface area (Å²) in [6, 6.07) is 13.3. The van der Waals surface area contributed by atoms with Crippen molar-refractivity contribution in [3.63, 3.8) is 0 Å². The third-order valence-electron chi connectivity index (χ3n) is 2.83. The Labute approximate surface area is 115 Å². The molecule has 1 N–H and O–H groups in total. The predicted octanol–water partition coefficient (Wildman–Crippen LogP) is 3.09. The smallest absolute Gasteiger partial charge is 0.222 e. The number of anilines is 1. The van der Waals surface area contributed by atoms with Crippen LogP contribution in [0.4, 0.5) is 5.82 Å². The number of carbonyl (C=O) groups is 1. The number of nitrogens with zero attached hydrogens (tertiary/aromatic N) is 2. The Morgan fingerprint density at radius 3 is 2.70 bits per heavy atom. The Hall–Kier alpha value is -2.82. The number of amides is 1. The Balaban J connectivity index is 2.09. The van der Waals surface area contributed by atoms with Gasteiger partial charge in [0.05, 0.1) is 23.9 Å². The minimum atomic E-state index is -0.138. The summed E-state index contributed by atoms with van der Waals surface area (Å²) in [6.45, 7) is 1.47. The van der Waals surface area contributed by atoms with Gasteiger partial charge in [0, 0.05) is 18.6 Å². The quantitative estimate of drug-likeness (QED) is 0.793. The number of nitrogens with one attached hydrogen (secondary N) is 1. The summed E-state index contributed by atoms with van der Waals surface area (Å²) in [6.07, 6.45) is 3.21. The predicted molar refractivity (Wildman–Crippen MR) is 75.6 cm³/mol. The van der Waals surface area contributed by atoms with E-state index in [1.165, 1.54) is 6.92 Å². The van der Waals surface area contributed by atoms with Crippen LogP contribution < -0.4 is 5.32 Å². The van der Waals surface area contributed by atoms with Crippen LogP contribution in [0.15, 0.2) is 59.4 Å². The van der Waals surface area contributed by atoms with E-state index in [-0.39, 0.29) is 5.91 Å². The van der Waals surface area contributed by atoms with Gasteiger partial charge < -0.3 is 9.73 Å². The van der Waals surface area contributed by atoms with E-state index in [0.717, 1.165) is 16.9 Å². The van der Waals surface area contributed by atoms with E-state index in [0.29, 0.717) is 5.82 Å². The van der Waals surface area contributed by atoms with E-state index in [2.05, 4.69) is 10.4 Å². The van der Waals surface area contributed by atoms with Gasteiger partial charge >= 0.3 is 0 Å². The summed E-state index contributed by atoms with van der Waals surface area (Å²) in [7, 11) is 0. The van der Waals surface area contributed by atoms with Crippen LogP contribution in [-0.4, -0.2) is 15.7 Å². The van der Waals surface area contributed by atoms with Crippen LogP contribution >= 0.6 is 0 Å². The van der Waals surface area contributed by atoms with E-state index in [4.69, 9.17) is 4.42 Å². The van der Waals surface area contributed by atoms with Gasteiger partial charge in [-0.2, -0.15) is 5.10 Å². The Morgan fingerprint density at radius 2 is 2.05 bits per heavy atom. The molecule has 0 saturated heterocycles. The van der Waals surface area contributed by atoms with Crippen LogP contribution in [-0.2, 0) is 4.79 Å². The third-order valence-corrected chi connectivity index (χ3v) is 2.83. The van der Waals surface area contributed by atoms with Crippen molar-refractivity contribution in [2.24, 2.45) is 0 Å². The summed E-state index contributed by atoms with van der Waals surface area (Å²) in [5.74, 6) is 0.487. The highest BCUT2D eigenvalue weighted by Crippen LogP contribution is 2.24. The summed E-state index contributed by atoms with van der Waals surface area (Å²) < 4.78 is 6.77. The summed E-state index contributed by atoms with van der Waals surface area (Å²) in [4.78, 5) is 11.3. The Bertz CT molecular complexity index is 715. The first-order valence-electron chi connectivity index (χ1n) is 6.20. The molecule has 0 radical (unpaired) electrons. The average Bonchev–Trinajstić information content (AvgIpc) is 3.08. The molecule has 0 aliphatic carbocycles. The highest BCUT2D eigenvalue weighted by Gasteiger charge is 2.12. The van der Waals surface area contributed by atoms with Crippen molar-refractivity contribution in [1.82, 2.24) is 9.78 Å². The van der Waals surface area contributed by atoms with Crippen molar-refractivity contribution < 1.29 is 9.21 Å². The zero-order valence-corrected chi connectivity index (χ0v) is 10.9. The second kappa shape index (κ2) is 5.05. The van der Waals surface area contributed by atoms with Crippen molar-refractivity contribution in [3.05, 3.63) is 55.0 Å². The number of para-hydroxylation sites is 1. The average molecular weight is 267 g/mol. The van der Waals surface area contributed by atoms with Crippen molar-refractivity contribution in [1.29, 1.82) is 0 Å². The van der Waals surface area contributed by atoms with Gasteiger partial charge in [0.15, 0.2) is 0 Å². The first-order chi connectivity index (χ1) is 9.74. The normalized spacial score (nSPS) is 10.4. The monoisotopic (exact) mass is 267 g/mol. The second-order valence-electron chi connectivity index (χ2n) is 4.36. The van der Waals surface area contributed by atoms with Crippen LogP contribution in [0.5, 0.6) is 0 Å². The number of carbonyl (C=O) groups excluding carboxylic acids is 1. The maximum Gasteiger partial charge on any atom is 0.222 e. The molecule has 2 aromatic heterocycles. The number of hydrogen-bond donors (Lipinski definition) is 1. The van der Waals surface area contributed by atoms with Gasteiger partial charge in [-0.05, 0) is 18.2 Å². The van der Waals surface area contributed by atoms with E-state index in [1.807, 2.05) is 42.5 Å². The van der Waals surface area contributed by atoms with Crippen LogP contribution in [0.25, 0.3) is 16.9 Å². The lowest BCUT2D eigenvalue weighted by molar-refractivity contribution is -0.114. The van der Waals surface area contributed by atoms with Gasteiger partial charge in [0.1, 0.15) is 5.82 Å². The zero-order valence-electron chi connectivity index (χ0n) is 10.9. The first-order valence-corrected chi connectivity index (χ1v) is 6.20. The van der Waals surface area contributed by atoms with Crippen molar-refractivity contribution in [3.8, 4) is 16.9 Å². The summed E-state index contributed by atoms with van der Waals surface area (Å²) >= 11 is 0. The number of furan rings is 1. The van der Waals surface area contributed by atoms with Gasteiger partial charge in [-0.1, -0.05) is 18.2 Å². The molecule has 0 fully saturated rings. The number of aromatic nitrogens is 2. The number of rotatable bonds is 3. The lowest BCUT2D eigenvalue weighted by Gasteiger charge is -2.06. The molecule has 20 heavy (non-hydrogen) atoms. The molecule has 1 aromatic carbocycles. The zero-order chi connectivity index (χ0) is 13.9. The summed E-state index contributed by atoms with van der Waals surface area (Å²) in [5, 5.41) is 7.30. The maximum atomic E-state index is 11.3. The molecule has 5 heteroatoms. The van der Waals surface area contributed by atoms with Crippen LogP contribution in [0.2, 0.25) is 0 Å². The molecule has 1 amide bonds. The SMILES string of the molecule is CC(=O)Nc1cc(-c2ccoc2)nn1-c1ccccc1. The standard InChI is InChI=1S/C15H13N3O2/c1-11(19)16-15-9-14(12-7-8-20-10-12)17-18(15)13-5-3-2-4-6-13/h2-10H,1H3,(H,16,19). The molecule has 0 aliphatic rings. The molecule has 0 spiro atoms. The van der Waals surface area contributed by atoms with Gasteiger partial charge in [0.25, 0.3) is 0 Å². The maximum absolute atomic E-state index is 11.3. The molecule has 3 rings (SSSR count). The van der Waals surface area contributed by atoms with Gasteiger partial charge in [-0.3, -0.25) is 4.79 Å². The fraction of sp³-hybridized carbons (Fsp3) is 0.0667. The number of hydrogen-bond acceptors (Lipinski definition) is 3. The molecular weight excluding hydrogens is 254 g/mol. The molecule has 2 heterocycles. The lowest BCUT2D eigenvalue weighted by Crippen LogP contribution is -2.10. The molecule has 0 saturated carbocycles. The van der Waals surface area contributed by atoms with Gasteiger partial charge in [-0.15, -0.1) is 0 Å². The molecule has 0 aliphatic heterocycles. The van der Waals surface area contributed by atoms with Crippen LogP contribution in [0, 0.1) is 0 Å². The highest BCUT2D eigenvalue weighted by atomic mass is 16.3. The highest BCUT2D eigenvalue weighted by molar-refractivity contribution is 5.88. The molecule has 5 nitrogen and oxygen atoms in total. The fourth-order valence-electron chi connectivity index (χ4n) is 1.97. The minimum absolute atomic E-state index is 0.138.